The van der Waals surface area contributed by atoms with Crippen molar-refractivity contribution in [3.8, 4) is 10.6 Å². The van der Waals surface area contributed by atoms with E-state index in [1.54, 1.807) is 0 Å². The van der Waals surface area contributed by atoms with E-state index in [4.69, 9.17) is 0 Å². The molecule has 2 aromatic rings. The number of hydrogen-bond donors (Lipinski definition) is 0. The van der Waals surface area contributed by atoms with Crippen LogP contribution in [0.3, 0.4) is 0 Å². The fraction of sp³-hybridized carbons (Fsp3) is 0.111. The lowest BCUT2D eigenvalue weighted by atomic mass is 10.3. The molecule has 0 saturated heterocycles. The van der Waals surface area contributed by atoms with Crippen LogP contribution < -0.4 is 0 Å². The van der Waals surface area contributed by atoms with E-state index in [0.29, 0.717) is 10.6 Å². The smallest absolute Gasteiger partial charge is 0.187 e. The molecule has 0 aliphatic carbocycles. The largest absolute Gasteiger partial charge is 0.261 e. The molecule has 0 saturated carbocycles. The van der Waals surface area contributed by atoms with Crippen LogP contribution in [-0.2, 0) is 9.84 Å². The Labute approximate surface area is 110 Å². The van der Waals surface area contributed by atoms with Crippen LogP contribution in [0, 0.1) is 5.82 Å². The molecule has 0 fully saturated rings. The third-order valence-electron chi connectivity index (χ3n) is 1.85. The van der Waals surface area contributed by atoms with Crippen molar-refractivity contribution in [1.82, 2.24) is 9.97 Å². The maximum Gasteiger partial charge on any atom is 0.187 e. The van der Waals surface area contributed by atoms with Crippen molar-refractivity contribution in [3.05, 3.63) is 28.9 Å². The summed E-state index contributed by atoms with van der Waals surface area (Å²) in [6, 6.07) is 1.25. The normalized spacial score (nSPS) is 11.7. The van der Waals surface area contributed by atoms with Gasteiger partial charge in [-0.15, -0.1) is 11.3 Å². The number of nitrogens with zero attached hydrogens (tertiary/aromatic N) is 2. The van der Waals surface area contributed by atoms with Crippen molar-refractivity contribution in [2.75, 3.05) is 6.26 Å². The average molecular weight is 337 g/mol. The van der Waals surface area contributed by atoms with E-state index < -0.39 is 15.7 Å². The van der Waals surface area contributed by atoms with Gasteiger partial charge < -0.3 is 0 Å². The number of aromatic nitrogens is 2. The highest BCUT2D eigenvalue weighted by molar-refractivity contribution is 9.10. The van der Waals surface area contributed by atoms with Gasteiger partial charge in [-0.05, 0) is 22.0 Å². The van der Waals surface area contributed by atoms with Gasteiger partial charge in [0, 0.05) is 18.0 Å². The Morgan fingerprint density at radius 1 is 1.41 bits per heavy atom. The number of rotatable bonds is 2. The number of pyridine rings is 1. The predicted molar refractivity (Wildman–Crippen MR) is 66.1 cm³/mol. The van der Waals surface area contributed by atoms with E-state index >= 15 is 0 Å². The van der Waals surface area contributed by atoms with Crippen LogP contribution in [0.5, 0.6) is 0 Å². The second kappa shape index (κ2) is 4.43. The van der Waals surface area contributed by atoms with Crippen LogP contribution in [0.2, 0.25) is 0 Å². The summed E-state index contributed by atoms with van der Waals surface area (Å²) < 4.78 is 36.2. The molecule has 0 bridgehead atoms. The van der Waals surface area contributed by atoms with Gasteiger partial charge in [-0.1, -0.05) is 0 Å². The summed E-state index contributed by atoms with van der Waals surface area (Å²) in [6.07, 6.45) is 3.60. The van der Waals surface area contributed by atoms with Gasteiger partial charge in [-0.25, -0.2) is 17.8 Å². The Kier molecular flexibility index (Phi) is 3.28. The molecule has 90 valence electrons. The minimum Gasteiger partial charge on any atom is -0.261 e. The molecule has 4 nitrogen and oxygen atoms in total. The molecule has 17 heavy (non-hydrogen) atoms. The monoisotopic (exact) mass is 336 g/mol. The lowest BCUT2D eigenvalue weighted by Crippen LogP contribution is -1.93. The van der Waals surface area contributed by atoms with E-state index in [1.165, 1.54) is 12.3 Å². The fourth-order valence-corrected chi connectivity index (χ4v) is 4.45. The van der Waals surface area contributed by atoms with Crippen LogP contribution >= 0.6 is 27.3 Å². The van der Waals surface area contributed by atoms with E-state index in [1.807, 2.05) is 0 Å². The highest BCUT2D eigenvalue weighted by Crippen LogP contribution is 2.33. The molecule has 0 atom stereocenters. The summed E-state index contributed by atoms with van der Waals surface area (Å²) in [7, 11) is -3.34. The molecule has 0 spiro atoms. The zero-order valence-corrected chi connectivity index (χ0v) is 11.7. The molecule has 0 radical (unpaired) electrons. The SMILES string of the molecule is CS(=O)(=O)c1sc(-c2cncc(F)c2)nc1Br. The van der Waals surface area contributed by atoms with Crippen molar-refractivity contribution in [1.29, 1.82) is 0 Å². The molecule has 0 unspecified atom stereocenters. The molecule has 0 aromatic carbocycles. The first kappa shape index (κ1) is 12.6. The highest BCUT2D eigenvalue weighted by atomic mass is 79.9. The first-order chi connectivity index (χ1) is 7.88. The number of thiazole rings is 1. The summed E-state index contributed by atoms with van der Waals surface area (Å²) >= 11 is 4.05. The van der Waals surface area contributed by atoms with Gasteiger partial charge in [0.1, 0.15) is 15.4 Å². The summed E-state index contributed by atoms with van der Waals surface area (Å²) in [5.74, 6) is -0.491. The molecule has 0 amide bonds. The Bertz CT molecular complexity index is 669. The summed E-state index contributed by atoms with van der Waals surface area (Å²) in [6.45, 7) is 0. The minimum atomic E-state index is -3.34. The van der Waals surface area contributed by atoms with E-state index in [0.717, 1.165) is 23.8 Å². The topological polar surface area (TPSA) is 59.9 Å². The summed E-state index contributed by atoms with van der Waals surface area (Å²) in [4.78, 5) is 7.73. The highest BCUT2D eigenvalue weighted by Gasteiger charge is 2.19. The Balaban J connectivity index is 2.56. The first-order valence-corrected chi connectivity index (χ1v) is 7.85. The van der Waals surface area contributed by atoms with Gasteiger partial charge >= 0.3 is 0 Å². The lowest BCUT2D eigenvalue weighted by Gasteiger charge is -1.94. The molecule has 2 rings (SSSR count). The third-order valence-corrected chi connectivity index (χ3v) is 5.87. The molecule has 2 aromatic heterocycles. The van der Waals surface area contributed by atoms with Crippen molar-refractivity contribution < 1.29 is 12.8 Å². The maximum atomic E-state index is 13.0. The predicted octanol–water partition coefficient (Wildman–Crippen LogP) is 2.51. The summed E-state index contributed by atoms with van der Waals surface area (Å²) in [5.41, 5.74) is 0.450. The number of halogens is 2. The van der Waals surface area contributed by atoms with Crippen molar-refractivity contribution >= 4 is 37.1 Å². The van der Waals surface area contributed by atoms with Crippen LogP contribution in [0.15, 0.2) is 27.3 Å². The van der Waals surface area contributed by atoms with Gasteiger partial charge in [0.25, 0.3) is 0 Å². The quantitative estimate of drug-likeness (QED) is 0.845. The fourth-order valence-electron chi connectivity index (χ4n) is 1.17. The van der Waals surface area contributed by atoms with Crippen LogP contribution in [-0.4, -0.2) is 24.6 Å². The first-order valence-electron chi connectivity index (χ1n) is 4.35. The van der Waals surface area contributed by atoms with E-state index in [2.05, 4.69) is 25.9 Å². The molecule has 0 N–H and O–H groups in total. The number of sulfone groups is 1. The van der Waals surface area contributed by atoms with Crippen LogP contribution in [0.4, 0.5) is 4.39 Å². The molecular formula is C9H6BrFN2O2S2. The zero-order chi connectivity index (χ0) is 12.6. The molecule has 2 heterocycles. The zero-order valence-electron chi connectivity index (χ0n) is 8.52. The van der Waals surface area contributed by atoms with Gasteiger partial charge in [0.05, 0.1) is 6.20 Å². The van der Waals surface area contributed by atoms with Crippen molar-refractivity contribution in [2.45, 2.75) is 4.21 Å². The second-order valence-corrected chi connectivity index (χ2v) is 7.22. The maximum absolute atomic E-state index is 13.0. The average Bonchev–Trinajstić information content (AvgIpc) is 2.60. The van der Waals surface area contributed by atoms with Crippen molar-refractivity contribution in [3.63, 3.8) is 0 Å². The standard InChI is InChI=1S/C9H6BrFN2O2S2/c1-17(14,15)9-7(10)13-8(16-9)5-2-6(11)4-12-3-5/h2-4H,1H3. The van der Waals surface area contributed by atoms with E-state index in [-0.39, 0.29) is 8.81 Å². The van der Waals surface area contributed by atoms with E-state index in [9.17, 15) is 12.8 Å². The van der Waals surface area contributed by atoms with Gasteiger partial charge in [-0.2, -0.15) is 0 Å². The third kappa shape index (κ3) is 2.70. The van der Waals surface area contributed by atoms with Gasteiger partial charge in [-0.3, -0.25) is 4.98 Å². The second-order valence-electron chi connectivity index (χ2n) is 3.26. The van der Waals surface area contributed by atoms with Crippen LogP contribution in [0.1, 0.15) is 0 Å². The number of hydrogen-bond acceptors (Lipinski definition) is 5. The van der Waals surface area contributed by atoms with Gasteiger partial charge in [0.2, 0.25) is 0 Å². The summed E-state index contributed by atoms with van der Waals surface area (Å²) in [5, 5.41) is 0.407. The molecule has 0 aliphatic heterocycles. The molecular weight excluding hydrogens is 331 g/mol. The molecule has 8 heteroatoms. The molecule has 0 aliphatic rings. The van der Waals surface area contributed by atoms with Gasteiger partial charge in [0.15, 0.2) is 14.0 Å². The van der Waals surface area contributed by atoms with Crippen molar-refractivity contribution in [2.24, 2.45) is 0 Å². The lowest BCUT2D eigenvalue weighted by molar-refractivity contribution is 0.603. The minimum absolute atomic E-state index is 0.122. The Morgan fingerprint density at radius 3 is 2.65 bits per heavy atom. The van der Waals surface area contributed by atoms with Crippen LogP contribution in [0.25, 0.3) is 10.6 Å². The Hall–Kier alpha value is -0.860. The Morgan fingerprint density at radius 2 is 2.12 bits per heavy atom.